The van der Waals surface area contributed by atoms with Crippen molar-refractivity contribution in [1.29, 1.82) is 0 Å². The quantitative estimate of drug-likeness (QED) is 0.851. The van der Waals surface area contributed by atoms with Crippen LogP contribution in [-0.4, -0.2) is 35.3 Å². The molecule has 2 saturated heterocycles. The molecule has 5 heteroatoms. The molecule has 2 aliphatic heterocycles. The van der Waals surface area contributed by atoms with Crippen LogP contribution in [0, 0.1) is 6.92 Å². The van der Waals surface area contributed by atoms with Crippen molar-refractivity contribution in [3.05, 3.63) is 52.2 Å². The van der Waals surface area contributed by atoms with Crippen molar-refractivity contribution >= 4 is 28.8 Å². The zero-order valence-corrected chi connectivity index (χ0v) is 13.8. The van der Waals surface area contributed by atoms with Crippen molar-refractivity contribution in [2.75, 3.05) is 11.4 Å². The molecule has 4 nitrogen and oxygen atoms in total. The highest BCUT2D eigenvalue weighted by molar-refractivity contribution is 7.08. The van der Waals surface area contributed by atoms with Crippen LogP contribution in [0.5, 0.6) is 0 Å². The number of carbonyl (C=O) groups excluding carboxylic acids is 2. The summed E-state index contributed by atoms with van der Waals surface area (Å²) in [5.74, 6) is 0.168. The fraction of sp³-hybridized carbons (Fsp3) is 0.333. The summed E-state index contributed by atoms with van der Waals surface area (Å²) in [4.78, 5) is 29.1. The third-order valence-electron chi connectivity index (χ3n) is 4.80. The van der Waals surface area contributed by atoms with E-state index in [0.717, 1.165) is 24.2 Å². The molecule has 2 amide bonds. The first-order valence-corrected chi connectivity index (χ1v) is 8.81. The van der Waals surface area contributed by atoms with E-state index in [-0.39, 0.29) is 23.9 Å². The van der Waals surface area contributed by atoms with Gasteiger partial charge in [-0.25, -0.2) is 0 Å². The Morgan fingerprint density at radius 1 is 1.26 bits per heavy atom. The normalized spacial score (nSPS) is 23.4. The summed E-state index contributed by atoms with van der Waals surface area (Å²) in [7, 11) is 0. The molecule has 0 spiro atoms. The molecular formula is C18H18N2O2S. The molecule has 23 heavy (non-hydrogen) atoms. The standard InChI is InChI=1S/C18H18N2O2S/c1-12-3-2-4-13(9-12)18(22)19-7-5-15-16(19)10-17(21)20(15)14-6-8-23-11-14/h2-4,6,8-9,11,15-16H,5,7,10H2,1H3/t15-,16+/m0/s1. The maximum atomic E-state index is 12.8. The average Bonchev–Trinajstić information content (AvgIpc) is 3.23. The van der Waals surface area contributed by atoms with Crippen molar-refractivity contribution in [3.63, 3.8) is 0 Å². The predicted molar refractivity (Wildman–Crippen MR) is 90.8 cm³/mol. The number of amides is 2. The van der Waals surface area contributed by atoms with E-state index < -0.39 is 0 Å². The monoisotopic (exact) mass is 326 g/mol. The lowest BCUT2D eigenvalue weighted by atomic mass is 10.1. The number of aryl methyl sites for hydroxylation is 1. The number of hydrogen-bond acceptors (Lipinski definition) is 3. The first kappa shape index (κ1) is 14.5. The molecule has 2 fully saturated rings. The molecule has 4 rings (SSSR count). The van der Waals surface area contributed by atoms with Gasteiger partial charge in [-0.15, -0.1) is 0 Å². The molecule has 0 bridgehead atoms. The zero-order valence-electron chi connectivity index (χ0n) is 12.9. The predicted octanol–water partition coefficient (Wildman–Crippen LogP) is 3.08. The summed E-state index contributed by atoms with van der Waals surface area (Å²) < 4.78 is 0. The minimum atomic E-state index is -0.00425. The molecule has 0 aliphatic carbocycles. The summed E-state index contributed by atoms with van der Waals surface area (Å²) in [6, 6.07) is 9.77. The number of anilines is 1. The molecule has 0 saturated carbocycles. The summed E-state index contributed by atoms with van der Waals surface area (Å²) in [6.45, 7) is 2.71. The van der Waals surface area contributed by atoms with Crippen LogP contribution in [0.15, 0.2) is 41.1 Å². The van der Waals surface area contributed by atoms with Gasteiger partial charge in [0.05, 0.1) is 17.8 Å². The summed E-state index contributed by atoms with van der Waals surface area (Å²) >= 11 is 1.59. The van der Waals surface area contributed by atoms with Gasteiger partial charge < -0.3 is 9.80 Å². The fourth-order valence-corrected chi connectivity index (χ4v) is 4.40. The third kappa shape index (κ3) is 2.36. The Labute approximate surface area is 139 Å². The summed E-state index contributed by atoms with van der Waals surface area (Å²) in [5, 5.41) is 3.99. The molecular weight excluding hydrogens is 308 g/mol. The van der Waals surface area contributed by atoms with E-state index in [1.807, 2.05) is 57.8 Å². The number of likely N-dealkylation sites (tertiary alicyclic amines) is 1. The topological polar surface area (TPSA) is 40.6 Å². The molecule has 2 aromatic rings. The number of hydrogen-bond donors (Lipinski definition) is 0. The Bertz CT molecular complexity index is 756. The number of fused-ring (bicyclic) bond motifs is 1. The Morgan fingerprint density at radius 3 is 2.87 bits per heavy atom. The van der Waals surface area contributed by atoms with Gasteiger partial charge in [0, 0.05) is 23.9 Å². The number of thiophene rings is 1. The highest BCUT2D eigenvalue weighted by atomic mass is 32.1. The van der Waals surface area contributed by atoms with Gasteiger partial charge in [0.2, 0.25) is 5.91 Å². The second kappa shape index (κ2) is 5.49. The van der Waals surface area contributed by atoms with Crippen LogP contribution in [0.25, 0.3) is 0 Å². The molecule has 3 heterocycles. The maximum Gasteiger partial charge on any atom is 0.254 e. The van der Waals surface area contributed by atoms with E-state index in [1.54, 1.807) is 11.3 Å². The highest BCUT2D eigenvalue weighted by Crippen LogP contribution is 2.37. The summed E-state index contributed by atoms with van der Waals surface area (Å²) in [5.41, 5.74) is 2.76. The average molecular weight is 326 g/mol. The van der Waals surface area contributed by atoms with Crippen molar-refractivity contribution < 1.29 is 9.59 Å². The van der Waals surface area contributed by atoms with Gasteiger partial charge in [-0.05, 0) is 36.9 Å². The van der Waals surface area contributed by atoms with E-state index in [2.05, 4.69) is 0 Å². The van der Waals surface area contributed by atoms with E-state index >= 15 is 0 Å². The number of carbonyl (C=O) groups is 2. The van der Waals surface area contributed by atoms with Crippen LogP contribution in [-0.2, 0) is 4.79 Å². The van der Waals surface area contributed by atoms with Gasteiger partial charge in [0.15, 0.2) is 0 Å². The van der Waals surface area contributed by atoms with Crippen LogP contribution in [0.1, 0.15) is 28.8 Å². The van der Waals surface area contributed by atoms with Gasteiger partial charge in [0.1, 0.15) is 0 Å². The van der Waals surface area contributed by atoms with Crippen LogP contribution < -0.4 is 4.90 Å². The van der Waals surface area contributed by atoms with Crippen molar-refractivity contribution in [2.24, 2.45) is 0 Å². The maximum absolute atomic E-state index is 12.8. The van der Waals surface area contributed by atoms with Crippen LogP contribution >= 0.6 is 11.3 Å². The SMILES string of the molecule is Cc1cccc(C(=O)N2CC[C@H]3[C@H]2CC(=O)N3c2ccsc2)c1. The third-order valence-corrected chi connectivity index (χ3v) is 5.48. The smallest absolute Gasteiger partial charge is 0.254 e. The lowest BCUT2D eigenvalue weighted by Gasteiger charge is -2.25. The highest BCUT2D eigenvalue weighted by Gasteiger charge is 2.49. The largest absolute Gasteiger partial charge is 0.333 e. The molecule has 0 unspecified atom stereocenters. The molecule has 2 aliphatic rings. The Hall–Kier alpha value is -2.14. The van der Waals surface area contributed by atoms with E-state index in [0.29, 0.717) is 12.0 Å². The molecule has 0 N–H and O–H groups in total. The Morgan fingerprint density at radius 2 is 2.13 bits per heavy atom. The van der Waals surface area contributed by atoms with Crippen LogP contribution in [0.4, 0.5) is 5.69 Å². The fourth-order valence-electron chi connectivity index (χ4n) is 3.77. The van der Waals surface area contributed by atoms with Crippen LogP contribution in [0.3, 0.4) is 0 Å². The lowest BCUT2D eigenvalue weighted by Crippen LogP contribution is -2.39. The number of benzene rings is 1. The van der Waals surface area contributed by atoms with E-state index in [9.17, 15) is 9.59 Å². The molecule has 118 valence electrons. The second-order valence-electron chi connectivity index (χ2n) is 6.24. The first-order chi connectivity index (χ1) is 11.1. The summed E-state index contributed by atoms with van der Waals surface area (Å²) in [6.07, 6.45) is 1.28. The molecule has 0 radical (unpaired) electrons. The number of rotatable bonds is 2. The Kier molecular flexibility index (Phi) is 3.45. The van der Waals surface area contributed by atoms with Gasteiger partial charge >= 0.3 is 0 Å². The molecule has 1 aromatic carbocycles. The minimum absolute atomic E-state index is 0.00425. The first-order valence-electron chi connectivity index (χ1n) is 7.87. The van der Waals surface area contributed by atoms with Gasteiger partial charge in [-0.2, -0.15) is 11.3 Å². The lowest BCUT2D eigenvalue weighted by molar-refractivity contribution is -0.117. The molecule has 2 atom stereocenters. The van der Waals surface area contributed by atoms with Gasteiger partial charge in [-0.1, -0.05) is 17.7 Å². The Balaban J connectivity index is 1.60. The van der Waals surface area contributed by atoms with Crippen molar-refractivity contribution in [2.45, 2.75) is 31.8 Å². The van der Waals surface area contributed by atoms with Crippen molar-refractivity contribution in [1.82, 2.24) is 4.90 Å². The van der Waals surface area contributed by atoms with E-state index in [4.69, 9.17) is 0 Å². The van der Waals surface area contributed by atoms with Crippen LogP contribution in [0.2, 0.25) is 0 Å². The second-order valence-corrected chi connectivity index (χ2v) is 7.02. The minimum Gasteiger partial charge on any atom is -0.333 e. The zero-order chi connectivity index (χ0) is 16.0. The molecule has 1 aromatic heterocycles. The van der Waals surface area contributed by atoms with Gasteiger partial charge in [0.25, 0.3) is 5.91 Å². The van der Waals surface area contributed by atoms with E-state index in [1.165, 1.54) is 0 Å². The van der Waals surface area contributed by atoms with Gasteiger partial charge in [-0.3, -0.25) is 9.59 Å². The number of nitrogens with zero attached hydrogens (tertiary/aromatic N) is 2. The van der Waals surface area contributed by atoms with Crippen molar-refractivity contribution in [3.8, 4) is 0 Å².